The van der Waals surface area contributed by atoms with Crippen molar-refractivity contribution in [2.24, 2.45) is 5.73 Å². The number of aromatic nitrogens is 1. The number of ether oxygens (including phenoxy) is 2. The van der Waals surface area contributed by atoms with Crippen LogP contribution in [0, 0.1) is 13.8 Å². The Morgan fingerprint density at radius 3 is 2.90 bits per heavy atom. The minimum Gasteiger partial charge on any atom is -0.496 e. The van der Waals surface area contributed by atoms with Crippen molar-refractivity contribution in [3.05, 3.63) is 23.0 Å². The van der Waals surface area contributed by atoms with Gasteiger partial charge in [-0.25, -0.2) is 0 Å². The molecule has 118 valence electrons. The van der Waals surface area contributed by atoms with Crippen LogP contribution < -0.4 is 10.5 Å². The van der Waals surface area contributed by atoms with E-state index in [2.05, 4.69) is 11.9 Å². The molecule has 1 saturated heterocycles. The van der Waals surface area contributed by atoms with Gasteiger partial charge >= 0.3 is 0 Å². The van der Waals surface area contributed by atoms with E-state index >= 15 is 0 Å². The van der Waals surface area contributed by atoms with Gasteiger partial charge < -0.3 is 15.2 Å². The zero-order valence-electron chi connectivity index (χ0n) is 13.5. The van der Waals surface area contributed by atoms with Gasteiger partial charge in [-0.15, -0.1) is 0 Å². The van der Waals surface area contributed by atoms with Crippen molar-refractivity contribution >= 4 is 0 Å². The fourth-order valence-corrected chi connectivity index (χ4v) is 3.06. The SMILES string of the molecule is COc1c(C)cnc(CC(N)CCC2CCCCO2)c1C. The van der Waals surface area contributed by atoms with Gasteiger partial charge in [0.15, 0.2) is 0 Å². The molecule has 1 aliphatic rings. The Bertz CT molecular complexity index is 456. The molecule has 1 aromatic heterocycles. The maximum absolute atomic E-state index is 6.28. The van der Waals surface area contributed by atoms with Crippen molar-refractivity contribution in [2.75, 3.05) is 13.7 Å². The van der Waals surface area contributed by atoms with Gasteiger partial charge in [-0.2, -0.15) is 0 Å². The lowest BCUT2D eigenvalue weighted by molar-refractivity contribution is 0.00914. The summed E-state index contributed by atoms with van der Waals surface area (Å²) in [5.41, 5.74) is 9.52. The molecular weight excluding hydrogens is 264 g/mol. The molecule has 21 heavy (non-hydrogen) atoms. The highest BCUT2D eigenvalue weighted by molar-refractivity contribution is 5.41. The van der Waals surface area contributed by atoms with Gasteiger partial charge in [-0.05, 0) is 46.0 Å². The lowest BCUT2D eigenvalue weighted by atomic mass is 9.98. The zero-order chi connectivity index (χ0) is 15.2. The van der Waals surface area contributed by atoms with Crippen molar-refractivity contribution in [3.63, 3.8) is 0 Å². The fraction of sp³-hybridized carbons (Fsp3) is 0.706. The molecule has 4 heteroatoms. The van der Waals surface area contributed by atoms with E-state index in [-0.39, 0.29) is 6.04 Å². The van der Waals surface area contributed by atoms with Crippen molar-refractivity contribution in [1.29, 1.82) is 0 Å². The van der Waals surface area contributed by atoms with Gasteiger partial charge in [0.1, 0.15) is 5.75 Å². The zero-order valence-corrected chi connectivity index (χ0v) is 13.5. The molecule has 1 aliphatic heterocycles. The molecule has 1 aromatic rings. The average molecular weight is 292 g/mol. The van der Waals surface area contributed by atoms with Crippen LogP contribution in [0.25, 0.3) is 0 Å². The highest BCUT2D eigenvalue weighted by Gasteiger charge is 2.17. The smallest absolute Gasteiger partial charge is 0.128 e. The largest absolute Gasteiger partial charge is 0.496 e. The highest BCUT2D eigenvalue weighted by atomic mass is 16.5. The first-order chi connectivity index (χ1) is 10.1. The molecule has 0 amide bonds. The second kappa shape index (κ2) is 7.76. The van der Waals surface area contributed by atoms with E-state index in [0.29, 0.717) is 6.10 Å². The number of nitrogens with two attached hydrogens (primary N) is 1. The minimum atomic E-state index is 0.133. The van der Waals surface area contributed by atoms with E-state index in [0.717, 1.165) is 48.4 Å². The van der Waals surface area contributed by atoms with Crippen LogP contribution in [0.4, 0.5) is 0 Å². The lowest BCUT2D eigenvalue weighted by Crippen LogP contribution is -2.27. The summed E-state index contributed by atoms with van der Waals surface area (Å²) in [6.07, 6.45) is 8.80. The Balaban J connectivity index is 1.88. The van der Waals surface area contributed by atoms with E-state index in [1.165, 1.54) is 19.3 Å². The maximum atomic E-state index is 6.28. The van der Waals surface area contributed by atoms with Gasteiger partial charge in [0.05, 0.1) is 13.2 Å². The van der Waals surface area contributed by atoms with Crippen LogP contribution >= 0.6 is 0 Å². The summed E-state index contributed by atoms with van der Waals surface area (Å²) in [7, 11) is 1.71. The Morgan fingerprint density at radius 2 is 2.24 bits per heavy atom. The summed E-state index contributed by atoms with van der Waals surface area (Å²) >= 11 is 0. The van der Waals surface area contributed by atoms with E-state index in [1.807, 2.05) is 13.1 Å². The predicted octanol–water partition coefficient (Wildman–Crippen LogP) is 2.93. The molecule has 2 unspecified atom stereocenters. The van der Waals surface area contributed by atoms with E-state index < -0.39 is 0 Å². The summed E-state index contributed by atoms with van der Waals surface area (Å²) in [6.45, 7) is 4.99. The molecule has 2 N–H and O–H groups in total. The molecule has 2 heterocycles. The van der Waals surface area contributed by atoms with E-state index in [1.54, 1.807) is 7.11 Å². The third-order valence-corrected chi connectivity index (χ3v) is 4.34. The summed E-state index contributed by atoms with van der Waals surface area (Å²) in [4.78, 5) is 4.53. The molecular formula is C17H28N2O2. The van der Waals surface area contributed by atoms with Crippen LogP contribution in [0.3, 0.4) is 0 Å². The number of aryl methyl sites for hydroxylation is 1. The number of nitrogens with zero attached hydrogens (tertiary/aromatic N) is 1. The third kappa shape index (κ3) is 4.42. The lowest BCUT2D eigenvalue weighted by Gasteiger charge is -2.24. The van der Waals surface area contributed by atoms with Crippen molar-refractivity contribution in [3.8, 4) is 5.75 Å². The van der Waals surface area contributed by atoms with Crippen LogP contribution in [0.15, 0.2) is 6.20 Å². The van der Waals surface area contributed by atoms with Crippen molar-refractivity contribution in [2.45, 2.75) is 64.5 Å². The maximum Gasteiger partial charge on any atom is 0.128 e. The minimum absolute atomic E-state index is 0.133. The number of pyridine rings is 1. The van der Waals surface area contributed by atoms with E-state index in [9.17, 15) is 0 Å². The van der Waals surface area contributed by atoms with Gasteiger partial charge in [-0.3, -0.25) is 4.98 Å². The first-order valence-corrected chi connectivity index (χ1v) is 7.98. The molecule has 4 nitrogen and oxygen atoms in total. The van der Waals surface area contributed by atoms with Crippen LogP contribution in [0.5, 0.6) is 5.75 Å². The van der Waals surface area contributed by atoms with Crippen LogP contribution in [-0.2, 0) is 11.2 Å². The van der Waals surface area contributed by atoms with Crippen molar-refractivity contribution < 1.29 is 9.47 Å². The summed E-state index contributed by atoms with van der Waals surface area (Å²) in [5.74, 6) is 0.933. The number of hydrogen-bond donors (Lipinski definition) is 1. The number of rotatable bonds is 6. The van der Waals surface area contributed by atoms with Gasteiger partial charge in [-0.1, -0.05) is 0 Å². The van der Waals surface area contributed by atoms with Crippen LogP contribution in [-0.4, -0.2) is 30.8 Å². The molecule has 2 rings (SSSR count). The van der Waals surface area contributed by atoms with Gasteiger partial charge in [0, 0.05) is 42.1 Å². The molecule has 0 saturated carbocycles. The normalized spacial score (nSPS) is 20.3. The Labute approximate surface area is 128 Å². The standard InChI is InChI=1S/C17H28N2O2/c1-12-11-19-16(13(2)17(12)20-3)10-14(18)7-8-15-6-4-5-9-21-15/h11,14-15H,4-10,18H2,1-3H3. The van der Waals surface area contributed by atoms with Crippen molar-refractivity contribution in [1.82, 2.24) is 4.98 Å². The topological polar surface area (TPSA) is 57.4 Å². The summed E-state index contributed by atoms with van der Waals surface area (Å²) in [5, 5.41) is 0. The summed E-state index contributed by atoms with van der Waals surface area (Å²) in [6, 6.07) is 0.133. The molecule has 0 aromatic carbocycles. The average Bonchev–Trinajstić information content (AvgIpc) is 2.50. The summed E-state index contributed by atoms with van der Waals surface area (Å²) < 4.78 is 11.2. The number of hydrogen-bond acceptors (Lipinski definition) is 4. The first kappa shape index (κ1) is 16.2. The molecule has 2 atom stereocenters. The first-order valence-electron chi connectivity index (χ1n) is 7.98. The molecule has 0 bridgehead atoms. The third-order valence-electron chi connectivity index (χ3n) is 4.34. The van der Waals surface area contributed by atoms with E-state index in [4.69, 9.17) is 15.2 Å². The van der Waals surface area contributed by atoms with Gasteiger partial charge in [0.2, 0.25) is 0 Å². The Hall–Kier alpha value is -1.13. The second-order valence-corrected chi connectivity index (χ2v) is 6.08. The fourth-order valence-electron chi connectivity index (χ4n) is 3.06. The highest BCUT2D eigenvalue weighted by Crippen LogP contribution is 2.25. The van der Waals surface area contributed by atoms with Crippen LogP contribution in [0.2, 0.25) is 0 Å². The number of methoxy groups -OCH3 is 1. The molecule has 0 spiro atoms. The Kier molecular flexibility index (Phi) is 6.00. The Morgan fingerprint density at radius 1 is 1.43 bits per heavy atom. The predicted molar refractivity (Wildman–Crippen MR) is 84.8 cm³/mol. The molecule has 0 aliphatic carbocycles. The van der Waals surface area contributed by atoms with Gasteiger partial charge in [0.25, 0.3) is 0 Å². The quantitative estimate of drug-likeness (QED) is 0.876. The molecule has 0 radical (unpaired) electrons. The monoisotopic (exact) mass is 292 g/mol. The molecule has 1 fully saturated rings. The second-order valence-electron chi connectivity index (χ2n) is 6.08. The van der Waals surface area contributed by atoms with Crippen LogP contribution in [0.1, 0.15) is 48.9 Å².